The zero-order valence-electron chi connectivity index (χ0n) is 15.3. The van der Waals surface area contributed by atoms with Crippen molar-refractivity contribution in [3.8, 4) is 0 Å². The van der Waals surface area contributed by atoms with Gasteiger partial charge < -0.3 is 4.90 Å². The Balaban J connectivity index is 1.52. The SMILES string of the molecule is CC(=O)C1CC(C(=O)Nc2nc3c(s2)CN(C)CC3)=NN1c1ccccc1. The fourth-order valence-electron chi connectivity index (χ4n) is 3.33. The van der Waals surface area contributed by atoms with Crippen LogP contribution in [0.3, 0.4) is 0 Å². The number of hydrogen-bond donors (Lipinski definition) is 1. The Kier molecular flexibility index (Phi) is 4.75. The van der Waals surface area contributed by atoms with Crippen LogP contribution in [0, 0.1) is 0 Å². The average molecular weight is 383 g/mol. The number of anilines is 2. The van der Waals surface area contributed by atoms with Crippen LogP contribution in [0.15, 0.2) is 35.4 Å². The Hall–Kier alpha value is -2.58. The summed E-state index contributed by atoms with van der Waals surface area (Å²) in [6, 6.07) is 8.99. The molecule has 0 fully saturated rings. The van der Waals surface area contributed by atoms with E-state index in [0.29, 0.717) is 17.3 Å². The van der Waals surface area contributed by atoms with Gasteiger partial charge in [-0.15, -0.1) is 11.3 Å². The van der Waals surface area contributed by atoms with Gasteiger partial charge in [0.05, 0.1) is 11.4 Å². The van der Waals surface area contributed by atoms with Crippen LogP contribution in [-0.4, -0.2) is 46.9 Å². The molecule has 8 heteroatoms. The number of thiazole rings is 1. The summed E-state index contributed by atoms with van der Waals surface area (Å²) in [5, 5.41) is 9.54. The molecule has 1 aromatic carbocycles. The Morgan fingerprint density at radius 3 is 2.78 bits per heavy atom. The normalized spacial score (nSPS) is 19.6. The summed E-state index contributed by atoms with van der Waals surface area (Å²) in [6.45, 7) is 3.36. The van der Waals surface area contributed by atoms with Crippen molar-refractivity contribution in [1.29, 1.82) is 0 Å². The topological polar surface area (TPSA) is 77.9 Å². The zero-order valence-corrected chi connectivity index (χ0v) is 16.1. The molecular formula is C19H21N5O2S. The summed E-state index contributed by atoms with van der Waals surface area (Å²) >= 11 is 1.51. The molecule has 0 saturated heterocycles. The maximum atomic E-state index is 12.7. The monoisotopic (exact) mass is 383 g/mol. The van der Waals surface area contributed by atoms with E-state index < -0.39 is 6.04 Å². The van der Waals surface area contributed by atoms with Crippen LogP contribution >= 0.6 is 11.3 Å². The van der Waals surface area contributed by atoms with Crippen LogP contribution in [-0.2, 0) is 22.6 Å². The standard InChI is InChI=1S/C19H21N5O2S/c1-12(25)16-10-15(22-24(16)13-6-4-3-5-7-13)18(26)21-19-20-14-8-9-23(2)11-17(14)27-19/h3-7,16H,8-11H2,1-2H3,(H,20,21,26). The number of carbonyl (C=O) groups excluding carboxylic acids is 2. The van der Waals surface area contributed by atoms with Gasteiger partial charge in [-0.2, -0.15) is 5.10 Å². The zero-order chi connectivity index (χ0) is 19.0. The number of Topliss-reactive ketones (excluding diaryl/α,β-unsaturated/α-hetero) is 1. The van der Waals surface area contributed by atoms with Gasteiger partial charge in [-0.05, 0) is 26.1 Å². The van der Waals surface area contributed by atoms with E-state index in [2.05, 4.69) is 27.3 Å². The van der Waals surface area contributed by atoms with Gasteiger partial charge in [0.25, 0.3) is 5.91 Å². The van der Waals surface area contributed by atoms with E-state index in [1.54, 1.807) is 5.01 Å². The van der Waals surface area contributed by atoms with Crippen molar-refractivity contribution in [3.05, 3.63) is 40.9 Å². The Labute approximate surface area is 161 Å². The van der Waals surface area contributed by atoms with Crippen molar-refractivity contribution in [2.75, 3.05) is 23.9 Å². The van der Waals surface area contributed by atoms with E-state index in [1.165, 1.54) is 23.1 Å². The highest BCUT2D eigenvalue weighted by molar-refractivity contribution is 7.16. The smallest absolute Gasteiger partial charge is 0.273 e. The molecule has 0 aliphatic carbocycles. The van der Waals surface area contributed by atoms with E-state index in [-0.39, 0.29) is 11.7 Å². The van der Waals surface area contributed by atoms with Crippen LogP contribution in [0.2, 0.25) is 0 Å². The van der Waals surface area contributed by atoms with E-state index in [9.17, 15) is 9.59 Å². The largest absolute Gasteiger partial charge is 0.301 e. The molecule has 1 amide bonds. The first kappa shape index (κ1) is 17.8. The predicted octanol–water partition coefficient (Wildman–Crippen LogP) is 2.29. The quantitative estimate of drug-likeness (QED) is 0.877. The lowest BCUT2D eigenvalue weighted by Gasteiger charge is -2.20. The molecule has 0 radical (unpaired) electrons. The van der Waals surface area contributed by atoms with Crippen LogP contribution < -0.4 is 10.3 Å². The van der Waals surface area contributed by atoms with E-state index in [4.69, 9.17) is 0 Å². The Bertz CT molecular complexity index is 908. The molecule has 0 saturated carbocycles. The lowest BCUT2D eigenvalue weighted by Crippen LogP contribution is -2.33. The van der Waals surface area contributed by atoms with Crippen molar-refractivity contribution in [2.24, 2.45) is 5.10 Å². The van der Waals surface area contributed by atoms with Crippen molar-refractivity contribution in [3.63, 3.8) is 0 Å². The number of ketones is 1. The van der Waals surface area contributed by atoms with Gasteiger partial charge in [0.15, 0.2) is 10.9 Å². The molecule has 140 valence electrons. The van der Waals surface area contributed by atoms with Crippen molar-refractivity contribution >= 4 is 39.6 Å². The third kappa shape index (κ3) is 3.63. The van der Waals surface area contributed by atoms with Gasteiger partial charge in [0, 0.05) is 30.8 Å². The molecular weight excluding hydrogens is 362 g/mol. The number of benzene rings is 1. The first-order valence-electron chi connectivity index (χ1n) is 8.92. The molecule has 7 nitrogen and oxygen atoms in total. The summed E-state index contributed by atoms with van der Waals surface area (Å²) in [6.07, 6.45) is 1.19. The summed E-state index contributed by atoms with van der Waals surface area (Å²) in [7, 11) is 2.08. The van der Waals surface area contributed by atoms with Gasteiger partial charge in [-0.3, -0.25) is 19.9 Å². The van der Waals surface area contributed by atoms with Crippen LogP contribution in [0.5, 0.6) is 0 Å². The molecule has 4 rings (SSSR count). The number of fused-ring (bicyclic) bond motifs is 1. The summed E-state index contributed by atoms with van der Waals surface area (Å²) in [4.78, 5) is 32.8. The van der Waals surface area contributed by atoms with Gasteiger partial charge in [-0.1, -0.05) is 18.2 Å². The number of rotatable bonds is 4. The molecule has 1 atom stereocenters. The first-order chi connectivity index (χ1) is 13.0. The number of carbonyl (C=O) groups is 2. The second-order valence-electron chi connectivity index (χ2n) is 6.89. The minimum atomic E-state index is -0.452. The first-order valence-corrected chi connectivity index (χ1v) is 9.73. The highest BCUT2D eigenvalue weighted by atomic mass is 32.1. The molecule has 1 N–H and O–H groups in total. The number of hydrazone groups is 1. The van der Waals surface area contributed by atoms with Gasteiger partial charge in [0.1, 0.15) is 11.8 Å². The summed E-state index contributed by atoms with van der Waals surface area (Å²) in [5.74, 6) is -0.308. The number of nitrogens with one attached hydrogen (secondary N) is 1. The number of amides is 1. The fourth-order valence-corrected chi connectivity index (χ4v) is 4.41. The van der Waals surface area contributed by atoms with Crippen molar-refractivity contribution in [1.82, 2.24) is 9.88 Å². The van der Waals surface area contributed by atoms with Gasteiger partial charge >= 0.3 is 0 Å². The number of aromatic nitrogens is 1. The molecule has 2 aliphatic heterocycles. The van der Waals surface area contributed by atoms with Crippen LogP contribution in [0.25, 0.3) is 0 Å². The summed E-state index contributed by atoms with van der Waals surface area (Å²) < 4.78 is 0. The predicted molar refractivity (Wildman–Crippen MR) is 106 cm³/mol. The van der Waals surface area contributed by atoms with E-state index in [1.807, 2.05) is 30.3 Å². The van der Waals surface area contributed by atoms with E-state index >= 15 is 0 Å². The third-order valence-corrected chi connectivity index (χ3v) is 5.80. The minimum absolute atomic E-state index is 0.0156. The second-order valence-corrected chi connectivity index (χ2v) is 7.97. The molecule has 1 unspecified atom stereocenters. The molecule has 0 spiro atoms. The summed E-state index contributed by atoms with van der Waals surface area (Å²) in [5.41, 5.74) is 2.21. The van der Waals surface area contributed by atoms with Crippen molar-refractivity contribution < 1.29 is 9.59 Å². The fraction of sp³-hybridized carbons (Fsp3) is 0.368. The minimum Gasteiger partial charge on any atom is -0.301 e. The molecule has 3 heterocycles. The molecule has 2 aliphatic rings. The van der Waals surface area contributed by atoms with Crippen LogP contribution in [0.4, 0.5) is 10.8 Å². The average Bonchev–Trinajstić information content (AvgIpc) is 3.26. The maximum absolute atomic E-state index is 12.7. The van der Waals surface area contributed by atoms with Crippen molar-refractivity contribution in [2.45, 2.75) is 32.4 Å². The number of hydrogen-bond acceptors (Lipinski definition) is 7. The number of nitrogens with zero attached hydrogens (tertiary/aromatic N) is 4. The van der Waals surface area contributed by atoms with E-state index in [0.717, 1.165) is 30.9 Å². The van der Waals surface area contributed by atoms with Gasteiger partial charge in [-0.25, -0.2) is 4.98 Å². The lowest BCUT2D eigenvalue weighted by atomic mass is 10.1. The lowest BCUT2D eigenvalue weighted by molar-refractivity contribution is -0.118. The molecule has 0 bridgehead atoms. The molecule has 1 aromatic heterocycles. The van der Waals surface area contributed by atoms with Gasteiger partial charge in [0.2, 0.25) is 0 Å². The third-order valence-electron chi connectivity index (χ3n) is 4.81. The Morgan fingerprint density at radius 1 is 1.26 bits per heavy atom. The number of likely N-dealkylation sites (N-methyl/N-ethyl adjacent to an activating group) is 1. The Morgan fingerprint density at radius 2 is 2.04 bits per heavy atom. The highest BCUT2D eigenvalue weighted by Gasteiger charge is 2.34. The molecule has 2 aromatic rings. The second kappa shape index (κ2) is 7.21. The van der Waals surface area contributed by atoms with Crippen LogP contribution in [0.1, 0.15) is 23.9 Å². The molecule has 27 heavy (non-hydrogen) atoms. The maximum Gasteiger partial charge on any atom is 0.273 e. The number of para-hydroxylation sites is 1. The highest BCUT2D eigenvalue weighted by Crippen LogP contribution is 2.29.